The Bertz CT molecular complexity index is 530. The molecule has 0 radical (unpaired) electrons. The predicted octanol–water partition coefficient (Wildman–Crippen LogP) is 2.22. The Morgan fingerprint density at radius 1 is 1.44 bits per heavy atom. The lowest BCUT2D eigenvalue weighted by Gasteiger charge is -1.99. The van der Waals surface area contributed by atoms with E-state index in [1.165, 1.54) is 29.3 Å². The molecule has 0 unspecified atom stereocenters. The minimum atomic E-state index is -0.419. The molecule has 5 heteroatoms. The smallest absolute Gasteiger partial charge is 0.191 e. The summed E-state index contributed by atoms with van der Waals surface area (Å²) in [6.07, 6.45) is 4.87. The number of hydrogen-bond acceptors (Lipinski definition) is 3. The highest BCUT2D eigenvalue weighted by Gasteiger charge is 2.08. The van der Waals surface area contributed by atoms with Gasteiger partial charge in [-0.2, -0.15) is 4.68 Å². The van der Waals surface area contributed by atoms with E-state index < -0.39 is 5.82 Å². The normalized spacial score (nSPS) is 11.8. The highest BCUT2D eigenvalue weighted by molar-refractivity contribution is 5.56. The van der Waals surface area contributed by atoms with E-state index in [0.29, 0.717) is 5.82 Å². The number of hydrogen-bond donors (Lipinski definition) is 0. The van der Waals surface area contributed by atoms with E-state index in [9.17, 15) is 4.39 Å². The van der Waals surface area contributed by atoms with Gasteiger partial charge >= 0.3 is 0 Å². The molecule has 2 heterocycles. The molecule has 2 aromatic heterocycles. The number of pyridine rings is 1. The summed E-state index contributed by atoms with van der Waals surface area (Å²) in [4.78, 5) is 7.99. The first-order valence-corrected chi connectivity index (χ1v) is 4.88. The zero-order valence-electron chi connectivity index (χ0n) is 9.05. The molecule has 0 spiro atoms. The van der Waals surface area contributed by atoms with Crippen LogP contribution in [0.5, 0.6) is 0 Å². The molecular weight excluding hydrogens is 207 g/mol. The van der Waals surface area contributed by atoms with Crippen LogP contribution in [-0.2, 0) is 0 Å². The molecule has 0 saturated carbocycles. The summed E-state index contributed by atoms with van der Waals surface area (Å²) in [7, 11) is 0. The van der Waals surface area contributed by atoms with Gasteiger partial charge in [0.15, 0.2) is 17.5 Å². The average Bonchev–Trinajstić information content (AvgIpc) is 2.78. The molecule has 0 fully saturated rings. The van der Waals surface area contributed by atoms with Gasteiger partial charge in [-0.25, -0.2) is 14.4 Å². The van der Waals surface area contributed by atoms with Crippen molar-refractivity contribution in [1.29, 1.82) is 0 Å². The third kappa shape index (κ3) is 1.84. The molecule has 0 aromatic carbocycles. The van der Waals surface area contributed by atoms with Gasteiger partial charge in [0, 0.05) is 6.20 Å². The summed E-state index contributed by atoms with van der Waals surface area (Å²) in [6.45, 7) is 3.80. The number of halogens is 1. The third-order valence-corrected chi connectivity index (χ3v) is 2.23. The van der Waals surface area contributed by atoms with Crippen LogP contribution in [0.15, 0.2) is 30.7 Å². The molecule has 0 atom stereocenters. The van der Waals surface area contributed by atoms with Gasteiger partial charge < -0.3 is 0 Å². The lowest BCUT2D eigenvalue weighted by Crippen LogP contribution is -2.01. The number of rotatable bonds is 2. The van der Waals surface area contributed by atoms with Gasteiger partial charge in [-0.3, -0.25) is 0 Å². The van der Waals surface area contributed by atoms with Gasteiger partial charge in [-0.1, -0.05) is 6.08 Å². The summed E-state index contributed by atoms with van der Waals surface area (Å²) in [5, 5.41) is 4.15. The zero-order chi connectivity index (χ0) is 11.5. The van der Waals surface area contributed by atoms with Crippen molar-refractivity contribution < 1.29 is 4.39 Å². The van der Waals surface area contributed by atoms with Crippen LogP contribution in [0.1, 0.15) is 19.7 Å². The van der Waals surface area contributed by atoms with Crippen LogP contribution in [-0.4, -0.2) is 19.7 Å². The van der Waals surface area contributed by atoms with Gasteiger partial charge in [0.2, 0.25) is 0 Å². The first-order chi connectivity index (χ1) is 7.72. The fourth-order valence-corrected chi connectivity index (χ4v) is 1.22. The standard InChI is InChI=1S/C11H11FN4/c1-3-8(2)10-14-7-16(15-10)11-9(12)5-4-6-13-11/h3-7H,1-2H3. The first-order valence-electron chi connectivity index (χ1n) is 4.88. The van der Waals surface area contributed by atoms with E-state index in [4.69, 9.17) is 0 Å². The molecule has 0 bridgehead atoms. The van der Waals surface area contributed by atoms with Gasteiger partial charge in [0.05, 0.1) is 0 Å². The van der Waals surface area contributed by atoms with Crippen molar-refractivity contribution in [3.05, 3.63) is 42.4 Å². The molecule has 0 saturated heterocycles. The summed E-state index contributed by atoms with van der Waals surface area (Å²) < 4.78 is 14.7. The van der Waals surface area contributed by atoms with Crippen LogP contribution >= 0.6 is 0 Å². The lowest BCUT2D eigenvalue weighted by molar-refractivity contribution is 0.600. The van der Waals surface area contributed by atoms with Gasteiger partial charge in [0.1, 0.15) is 6.33 Å². The Balaban J connectivity index is 2.43. The van der Waals surface area contributed by atoms with Crippen LogP contribution in [0.25, 0.3) is 11.4 Å². The largest absolute Gasteiger partial charge is 0.235 e. The van der Waals surface area contributed by atoms with Crippen LogP contribution in [0, 0.1) is 5.82 Å². The van der Waals surface area contributed by atoms with E-state index in [2.05, 4.69) is 15.1 Å². The minimum absolute atomic E-state index is 0.158. The first kappa shape index (κ1) is 10.5. The quantitative estimate of drug-likeness (QED) is 0.776. The number of allylic oxidation sites excluding steroid dienone is 2. The van der Waals surface area contributed by atoms with Crippen LogP contribution in [0.3, 0.4) is 0 Å². The Kier molecular flexibility index (Phi) is 2.76. The van der Waals surface area contributed by atoms with Gasteiger partial charge in [0.25, 0.3) is 0 Å². The maximum absolute atomic E-state index is 13.4. The minimum Gasteiger partial charge on any atom is -0.235 e. The van der Waals surface area contributed by atoms with E-state index in [0.717, 1.165) is 5.57 Å². The van der Waals surface area contributed by atoms with Crippen LogP contribution in [0.4, 0.5) is 4.39 Å². The van der Waals surface area contributed by atoms with Crippen molar-refractivity contribution in [1.82, 2.24) is 19.7 Å². The number of aromatic nitrogens is 4. The van der Waals surface area contributed by atoms with E-state index in [1.54, 1.807) is 0 Å². The molecule has 0 aliphatic carbocycles. The van der Waals surface area contributed by atoms with Gasteiger partial charge in [-0.05, 0) is 31.6 Å². The van der Waals surface area contributed by atoms with Crippen molar-refractivity contribution in [3.63, 3.8) is 0 Å². The maximum atomic E-state index is 13.4. The molecule has 16 heavy (non-hydrogen) atoms. The zero-order valence-corrected chi connectivity index (χ0v) is 9.05. The van der Waals surface area contributed by atoms with E-state index in [-0.39, 0.29) is 5.82 Å². The second kappa shape index (κ2) is 4.22. The molecule has 0 aliphatic rings. The summed E-state index contributed by atoms with van der Waals surface area (Å²) in [5.74, 6) is 0.315. The Hall–Kier alpha value is -2.04. The van der Waals surface area contributed by atoms with Crippen molar-refractivity contribution >= 4 is 5.57 Å². The maximum Gasteiger partial charge on any atom is 0.191 e. The third-order valence-electron chi connectivity index (χ3n) is 2.23. The molecule has 2 rings (SSSR count). The second-order valence-corrected chi connectivity index (χ2v) is 3.29. The highest BCUT2D eigenvalue weighted by Crippen LogP contribution is 2.11. The fourth-order valence-electron chi connectivity index (χ4n) is 1.22. The van der Waals surface area contributed by atoms with Crippen LogP contribution in [0.2, 0.25) is 0 Å². The van der Waals surface area contributed by atoms with Gasteiger partial charge in [-0.15, -0.1) is 5.10 Å². The second-order valence-electron chi connectivity index (χ2n) is 3.29. The predicted molar refractivity (Wildman–Crippen MR) is 58.4 cm³/mol. The monoisotopic (exact) mass is 218 g/mol. The molecule has 0 aliphatic heterocycles. The lowest BCUT2D eigenvalue weighted by atomic mass is 10.3. The summed E-state index contributed by atoms with van der Waals surface area (Å²) in [5.41, 5.74) is 0.940. The Morgan fingerprint density at radius 2 is 2.25 bits per heavy atom. The topological polar surface area (TPSA) is 43.6 Å². The molecule has 2 aromatic rings. The summed E-state index contributed by atoms with van der Waals surface area (Å²) >= 11 is 0. The van der Waals surface area contributed by atoms with Crippen LogP contribution < -0.4 is 0 Å². The van der Waals surface area contributed by atoms with Crippen molar-refractivity contribution in [2.24, 2.45) is 0 Å². The highest BCUT2D eigenvalue weighted by atomic mass is 19.1. The Morgan fingerprint density at radius 3 is 2.94 bits per heavy atom. The van der Waals surface area contributed by atoms with E-state index >= 15 is 0 Å². The van der Waals surface area contributed by atoms with Crippen molar-refractivity contribution in [2.75, 3.05) is 0 Å². The number of nitrogens with zero attached hydrogens (tertiary/aromatic N) is 4. The SMILES string of the molecule is CC=C(C)c1ncn(-c2ncccc2F)n1. The Labute approximate surface area is 92.5 Å². The molecule has 0 amide bonds. The molecule has 4 nitrogen and oxygen atoms in total. The fraction of sp³-hybridized carbons (Fsp3) is 0.182. The molecular formula is C11H11FN4. The molecule has 82 valence electrons. The van der Waals surface area contributed by atoms with Crippen molar-refractivity contribution in [2.45, 2.75) is 13.8 Å². The summed E-state index contributed by atoms with van der Waals surface area (Å²) in [6, 6.07) is 2.88. The average molecular weight is 218 g/mol. The van der Waals surface area contributed by atoms with E-state index in [1.807, 2.05) is 19.9 Å². The molecule has 0 N–H and O–H groups in total. The van der Waals surface area contributed by atoms with Crippen molar-refractivity contribution in [3.8, 4) is 5.82 Å².